The van der Waals surface area contributed by atoms with Crippen LogP contribution in [-0.2, 0) is 11.2 Å². The average molecular weight is 331 g/mol. The number of rotatable bonds is 6. The highest BCUT2D eigenvalue weighted by atomic mass is 16.6. The number of anilines is 2. The van der Waals surface area contributed by atoms with Crippen LogP contribution in [0.25, 0.3) is 0 Å². The van der Waals surface area contributed by atoms with Gasteiger partial charge in [0.05, 0.1) is 35.5 Å². The van der Waals surface area contributed by atoms with Crippen LogP contribution in [0.15, 0.2) is 24.7 Å². The molecule has 1 aliphatic heterocycles. The molecule has 0 bridgehead atoms. The number of hydrogen-bond donors (Lipinski definition) is 3. The van der Waals surface area contributed by atoms with Crippen LogP contribution in [0.4, 0.5) is 11.4 Å². The molecule has 7 nitrogen and oxygen atoms in total. The van der Waals surface area contributed by atoms with Gasteiger partial charge in [0.15, 0.2) is 6.29 Å². The first kappa shape index (κ1) is 16.9. The van der Waals surface area contributed by atoms with Gasteiger partial charge in [-0.15, -0.1) is 0 Å². The largest absolute Gasteiger partial charge is 0.364 e. The van der Waals surface area contributed by atoms with Gasteiger partial charge in [-0.05, 0) is 38.4 Å². The van der Waals surface area contributed by atoms with E-state index in [1.165, 1.54) is 12.8 Å². The van der Waals surface area contributed by atoms with E-state index in [1.807, 2.05) is 6.20 Å². The summed E-state index contributed by atoms with van der Waals surface area (Å²) in [7, 11) is 1.47. The fourth-order valence-electron chi connectivity index (χ4n) is 3.21. The summed E-state index contributed by atoms with van der Waals surface area (Å²) in [6.07, 6.45) is 7.27. The fraction of sp³-hybridized carbons (Fsp3) is 0.529. The first-order chi connectivity index (χ1) is 11.7. The van der Waals surface area contributed by atoms with E-state index in [1.54, 1.807) is 18.5 Å². The van der Waals surface area contributed by atoms with E-state index >= 15 is 0 Å². The molecule has 3 rings (SSSR count). The standard InChI is InChI=1S/C17H25N5O2/c1-3-16-15(11-20-22(16)12-4-7-18-8-5-12)21-14-10-19-9-6-13(14)17(23)24-2/h6,9-12,17-18,21,23H,3-5,7-8H2,1-2H3. The van der Waals surface area contributed by atoms with Gasteiger partial charge in [-0.2, -0.15) is 5.10 Å². The number of nitrogens with zero attached hydrogens (tertiary/aromatic N) is 3. The second-order valence-corrected chi connectivity index (χ2v) is 5.96. The van der Waals surface area contributed by atoms with E-state index in [0.29, 0.717) is 11.6 Å². The van der Waals surface area contributed by atoms with Crippen molar-refractivity contribution in [2.24, 2.45) is 0 Å². The lowest BCUT2D eigenvalue weighted by Gasteiger charge is -2.25. The SMILES string of the molecule is CCc1c(Nc2cnccc2C(O)OC)cnn1C1CCNCC1. The van der Waals surface area contributed by atoms with Crippen molar-refractivity contribution in [1.29, 1.82) is 0 Å². The summed E-state index contributed by atoms with van der Waals surface area (Å²) in [5, 5.41) is 21.4. The third-order valence-corrected chi connectivity index (χ3v) is 4.50. The van der Waals surface area contributed by atoms with Crippen LogP contribution in [0.1, 0.15) is 43.4 Å². The number of hydrogen-bond acceptors (Lipinski definition) is 6. The van der Waals surface area contributed by atoms with Crippen molar-refractivity contribution >= 4 is 11.4 Å². The van der Waals surface area contributed by atoms with Gasteiger partial charge in [0, 0.05) is 18.9 Å². The second-order valence-electron chi connectivity index (χ2n) is 5.96. The molecule has 0 amide bonds. The van der Waals surface area contributed by atoms with Crippen LogP contribution in [0.5, 0.6) is 0 Å². The molecule has 1 fully saturated rings. The van der Waals surface area contributed by atoms with Crippen molar-refractivity contribution in [3.05, 3.63) is 35.9 Å². The summed E-state index contributed by atoms with van der Waals surface area (Å²) < 4.78 is 7.18. The maximum atomic E-state index is 10.0. The van der Waals surface area contributed by atoms with Crippen LogP contribution in [-0.4, -0.2) is 40.1 Å². The zero-order chi connectivity index (χ0) is 16.9. The first-order valence-corrected chi connectivity index (χ1v) is 8.43. The van der Waals surface area contributed by atoms with Crippen molar-refractivity contribution in [3.8, 4) is 0 Å². The van der Waals surface area contributed by atoms with Crippen LogP contribution in [0.2, 0.25) is 0 Å². The highest BCUT2D eigenvalue weighted by Crippen LogP contribution is 2.30. The van der Waals surface area contributed by atoms with Crippen molar-refractivity contribution < 1.29 is 9.84 Å². The van der Waals surface area contributed by atoms with Crippen molar-refractivity contribution in [3.63, 3.8) is 0 Å². The number of aliphatic hydroxyl groups excluding tert-OH is 1. The molecule has 24 heavy (non-hydrogen) atoms. The molecular weight excluding hydrogens is 306 g/mol. The lowest BCUT2D eigenvalue weighted by Crippen LogP contribution is -2.30. The molecule has 2 aromatic heterocycles. The fourth-order valence-corrected chi connectivity index (χ4v) is 3.21. The minimum atomic E-state index is -0.986. The molecule has 0 radical (unpaired) electrons. The minimum Gasteiger partial charge on any atom is -0.364 e. The lowest BCUT2D eigenvalue weighted by atomic mass is 10.1. The molecule has 3 heterocycles. The van der Waals surface area contributed by atoms with Crippen LogP contribution < -0.4 is 10.6 Å². The van der Waals surface area contributed by atoms with Crippen LogP contribution in [0.3, 0.4) is 0 Å². The molecule has 130 valence electrons. The quantitative estimate of drug-likeness (QED) is 0.704. The maximum Gasteiger partial charge on any atom is 0.182 e. The zero-order valence-electron chi connectivity index (χ0n) is 14.2. The summed E-state index contributed by atoms with van der Waals surface area (Å²) in [6.45, 7) is 4.19. The van der Waals surface area contributed by atoms with E-state index in [2.05, 4.69) is 32.3 Å². The van der Waals surface area contributed by atoms with Crippen LogP contribution >= 0.6 is 0 Å². The van der Waals surface area contributed by atoms with E-state index in [-0.39, 0.29) is 0 Å². The molecule has 1 unspecified atom stereocenters. The summed E-state index contributed by atoms with van der Waals surface area (Å²) >= 11 is 0. The summed E-state index contributed by atoms with van der Waals surface area (Å²) in [6, 6.07) is 2.19. The number of nitrogens with one attached hydrogen (secondary N) is 2. The monoisotopic (exact) mass is 331 g/mol. The lowest BCUT2D eigenvalue weighted by molar-refractivity contribution is -0.0764. The van der Waals surface area contributed by atoms with Gasteiger partial charge < -0.3 is 20.5 Å². The Bertz CT molecular complexity index is 667. The summed E-state index contributed by atoms with van der Waals surface area (Å²) in [4.78, 5) is 4.15. The Morgan fingerprint density at radius 2 is 2.17 bits per heavy atom. The topological polar surface area (TPSA) is 84.2 Å². The van der Waals surface area contributed by atoms with Crippen molar-refractivity contribution in [1.82, 2.24) is 20.1 Å². The predicted octanol–water partition coefficient (Wildman–Crippen LogP) is 2.15. The van der Waals surface area contributed by atoms with E-state index in [9.17, 15) is 5.11 Å². The Kier molecular flexibility index (Phi) is 5.44. The third kappa shape index (κ3) is 3.43. The van der Waals surface area contributed by atoms with Crippen molar-refractivity contribution in [2.75, 3.05) is 25.5 Å². The van der Waals surface area contributed by atoms with Crippen molar-refractivity contribution in [2.45, 2.75) is 38.5 Å². The molecule has 0 aromatic carbocycles. The number of ether oxygens (including phenoxy) is 1. The Morgan fingerprint density at radius 3 is 2.88 bits per heavy atom. The second kappa shape index (κ2) is 7.74. The van der Waals surface area contributed by atoms with Gasteiger partial charge in [-0.25, -0.2) is 0 Å². The Hall–Kier alpha value is -1.96. The molecule has 3 N–H and O–H groups in total. The molecule has 1 atom stereocenters. The molecule has 0 spiro atoms. The van der Waals surface area contributed by atoms with Gasteiger partial charge in [-0.3, -0.25) is 9.67 Å². The van der Waals surface area contributed by atoms with Gasteiger partial charge in [0.1, 0.15) is 0 Å². The third-order valence-electron chi connectivity index (χ3n) is 4.50. The first-order valence-electron chi connectivity index (χ1n) is 8.43. The van der Waals surface area contributed by atoms with Gasteiger partial charge in [0.25, 0.3) is 0 Å². The van der Waals surface area contributed by atoms with Gasteiger partial charge >= 0.3 is 0 Å². The van der Waals surface area contributed by atoms with Gasteiger partial charge in [-0.1, -0.05) is 6.92 Å². The van der Waals surface area contributed by atoms with E-state index in [4.69, 9.17) is 4.74 Å². The molecule has 0 aliphatic carbocycles. The number of aliphatic hydroxyl groups is 1. The highest BCUT2D eigenvalue weighted by molar-refractivity contribution is 5.64. The van der Waals surface area contributed by atoms with Crippen LogP contribution in [0, 0.1) is 0 Å². The summed E-state index contributed by atoms with van der Waals surface area (Å²) in [5.41, 5.74) is 3.51. The highest BCUT2D eigenvalue weighted by Gasteiger charge is 2.21. The molecule has 2 aromatic rings. The molecule has 1 aliphatic rings. The Labute approximate surface area is 142 Å². The number of pyridine rings is 1. The van der Waals surface area contributed by atoms with E-state index in [0.717, 1.165) is 43.7 Å². The number of methoxy groups -OCH3 is 1. The molecule has 7 heteroatoms. The number of aromatic nitrogens is 3. The average Bonchev–Trinajstić information content (AvgIpc) is 3.05. The molecular formula is C17H25N5O2. The Balaban J connectivity index is 1.87. The molecule has 1 saturated heterocycles. The normalized spacial score (nSPS) is 17.0. The summed E-state index contributed by atoms with van der Waals surface area (Å²) in [5.74, 6) is 0. The number of piperidine rings is 1. The maximum absolute atomic E-state index is 10.0. The molecule has 0 saturated carbocycles. The van der Waals surface area contributed by atoms with E-state index < -0.39 is 6.29 Å². The smallest absolute Gasteiger partial charge is 0.182 e. The van der Waals surface area contributed by atoms with Gasteiger partial charge in [0.2, 0.25) is 0 Å². The zero-order valence-corrected chi connectivity index (χ0v) is 14.2. The minimum absolute atomic E-state index is 0.440. The predicted molar refractivity (Wildman–Crippen MR) is 92.2 cm³/mol. The Morgan fingerprint density at radius 1 is 1.38 bits per heavy atom.